The minimum atomic E-state index is -4.03. The van der Waals surface area contributed by atoms with Gasteiger partial charge in [-0.15, -0.1) is 0 Å². The molecule has 4 heteroatoms. The smallest absolute Gasteiger partial charge is 0.317 e. The van der Waals surface area contributed by atoms with E-state index in [1.807, 2.05) is 20.8 Å². The Bertz CT molecular complexity index is 158. The fourth-order valence-corrected chi connectivity index (χ4v) is 1.43. The van der Waals surface area contributed by atoms with Crippen LogP contribution in [0.1, 0.15) is 40.0 Å². The van der Waals surface area contributed by atoms with E-state index in [-0.39, 0.29) is 17.9 Å². The van der Waals surface area contributed by atoms with Crippen molar-refractivity contribution in [1.82, 2.24) is 5.32 Å². The molecule has 0 amide bonds. The van der Waals surface area contributed by atoms with Gasteiger partial charge >= 0.3 is 6.18 Å². The molecule has 1 unspecified atom stereocenters. The van der Waals surface area contributed by atoms with E-state index in [4.69, 9.17) is 0 Å². The molecule has 0 bridgehead atoms. The third-order valence-electron chi connectivity index (χ3n) is 2.04. The normalized spacial score (nSPS) is 15.6. The number of hydrogen-bond donors (Lipinski definition) is 1. The molecule has 1 atom stereocenters. The van der Waals surface area contributed by atoms with E-state index in [1.54, 1.807) is 7.05 Å². The fraction of sp³-hybridized carbons (Fsp3) is 1.00. The molecule has 0 heterocycles. The maximum Gasteiger partial charge on any atom is 0.389 e. The van der Waals surface area contributed by atoms with E-state index in [0.29, 0.717) is 0 Å². The van der Waals surface area contributed by atoms with Crippen molar-refractivity contribution in [3.63, 3.8) is 0 Å². The highest BCUT2D eigenvalue weighted by molar-refractivity contribution is 4.74. The van der Waals surface area contributed by atoms with Crippen LogP contribution < -0.4 is 5.32 Å². The molecule has 0 aromatic rings. The molecule has 1 nitrogen and oxygen atoms in total. The van der Waals surface area contributed by atoms with Crippen LogP contribution in [0.25, 0.3) is 0 Å². The lowest BCUT2D eigenvalue weighted by atomic mass is 9.86. The number of halogens is 3. The van der Waals surface area contributed by atoms with E-state index in [2.05, 4.69) is 5.32 Å². The second-order valence-corrected chi connectivity index (χ2v) is 4.90. The fourth-order valence-electron chi connectivity index (χ4n) is 1.43. The van der Waals surface area contributed by atoms with Crippen LogP contribution in [0.3, 0.4) is 0 Å². The van der Waals surface area contributed by atoms with Crippen LogP contribution in [0.2, 0.25) is 0 Å². The molecule has 0 fully saturated rings. The van der Waals surface area contributed by atoms with Gasteiger partial charge < -0.3 is 5.32 Å². The molecule has 0 aliphatic rings. The summed E-state index contributed by atoms with van der Waals surface area (Å²) < 4.78 is 35.9. The van der Waals surface area contributed by atoms with E-state index < -0.39 is 12.6 Å². The van der Waals surface area contributed by atoms with Crippen molar-refractivity contribution in [2.45, 2.75) is 52.3 Å². The maximum atomic E-state index is 12.0. The predicted octanol–water partition coefficient (Wildman–Crippen LogP) is 3.35. The van der Waals surface area contributed by atoms with Gasteiger partial charge in [0.05, 0.1) is 0 Å². The van der Waals surface area contributed by atoms with Crippen molar-refractivity contribution < 1.29 is 13.2 Å². The number of hydrogen-bond acceptors (Lipinski definition) is 1. The zero-order valence-corrected chi connectivity index (χ0v) is 9.33. The van der Waals surface area contributed by atoms with Crippen molar-refractivity contribution in [2.24, 2.45) is 5.41 Å². The van der Waals surface area contributed by atoms with E-state index in [1.165, 1.54) is 0 Å². The summed E-state index contributed by atoms with van der Waals surface area (Å²) in [5.74, 6) is 0. The van der Waals surface area contributed by atoms with Crippen molar-refractivity contribution in [2.75, 3.05) is 7.05 Å². The molecule has 0 saturated heterocycles. The van der Waals surface area contributed by atoms with Gasteiger partial charge in [-0.3, -0.25) is 0 Å². The number of nitrogens with one attached hydrogen (secondary N) is 1. The molecule has 0 aromatic carbocycles. The van der Waals surface area contributed by atoms with Gasteiger partial charge in [0.25, 0.3) is 0 Å². The SMILES string of the molecule is CNC(CCC(F)(F)F)CC(C)(C)C. The first-order valence-electron chi connectivity index (χ1n) is 4.88. The minimum absolute atomic E-state index is 0.0448. The first kappa shape index (κ1) is 13.8. The topological polar surface area (TPSA) is 12.0 Å². The van der Waals surface area contributed by atoms with Crippen LogP contribution in [0, 0.1) is 5.41 Å². The summed E-state index contributed by atoms with van der Waals surface area (Å²) in [6, 6.07) is -0.0448. The lowest BCUT2D eigenvalue weighted by Gasteiger charge is -2.26. The molecule has 0 aliphatic carbocycles. The third-order valence-corrected chi connectivity index (χ3v) is 2.04. The molecule has 0 aliphatic heterocycles. The Morgan fingerprint density at radius 3 is 1.93 bits per heavy atom. The Labute approximate surface area is 84.1 Å². The largest absolute Gasteiger partial charge is 0.389 e. The van der Waals surface area contributed by atoms with Crippen molar-refractivity contribution in [1.29, 1.82) is 0 Å². The van der Waals surface area contributed by atoms with Gasteiger partial charge in [0, 0.05) is 12.5 Å². The molecule has 0 rings (SSSR count). The second kappa shape index (κ2) is 5.01. The van der Waals surface area contributed by atoms with Crippen LogP contribution >= 0.6 is 0 Å². The van der Waals surface area contributed by atoms with E-state index in [9.17, 15) is 13.2 Å². The lowest BCUT2D eigenvalue weighted by molar-refractivity contribution is -0.136. The number of rotatable bonds is 4. The Morgan fingerprint density at radius 2 is 1.64 bits per heavy atom. The summed E-state index contributed by atoms with van der Waals surface area (Å²) in [5, 5.41) is 2.93. The van der Waals surface area contributed by atoms with Gasteiger partial charge in [-0.2, -0.15) is 13.2 Å². The van der Waals surface area contributed by atoms with Gasteiger partial charge in [0.15, 0.2) is 0 Å². The van der Waals surface area contributed by atoms with E-state index >= 15 is 0 Å². The third kappa shape index (κ3) is 8.35. The predicted molar refractivity (Wildman–Crippen MR) is 52.2 cm³/mol. The standard InChI is InChI=1S/C10H20F3N/c1-9(2,3)7-8(14-4)5-6-10(11,12)13/h8,14H,5-7H2,1-4H3. The zero-order chi connectivity index (χ0) is 11.4. The molecular weight excluding hydrogens is 191 g/mol. The summed E-state index contributed by atoms with van der Waals surface area (Å²) in [7, 11) is 1.72. The average Bonchev–Trinajstić information content (AvgIpc) is 1.94. The highest BCUT2D eigenvalue weighted by Gasteiger charge is 2.29. The highest BCUT2D eigenvalue weighted by Crippen LogP contribution is 2.27. The van der Waals surface area contributed by atoms with Crippen LogP contribution in [0.5, 0.6) is 0 Å². The summed E-state index contributed by atoms with van der Waals surface area (Å²) >= 11 is 0. The second-order valence-electron chi connectivity index (χ2n) is 4.90. The monoisotopic (exact) mass is 211 g/mol. The molecule has 0 radical (unpaired) electrons. The Morgan fingerprint density at radius 1 is 1.14 bits per heavy atom. The summed E-state index contributed by atoms with van der Waals surface area (Å²) in [5.41, 5.74) is 0.0687. The number of alkyl halides is 3. The maximum absolute atomic E-state index is 12.0. The molecule has 1 N–H and O–H groups in total. The molecule has 0 saturated carbocycles. The van der Waals surface area contributed by atoms with Gasteiger partial charge in [0.2, 0.25) is 0 Å². The van der Waals surface area contributed by atoms with Crippen LogP contribution in [-0.2, 0) is 0 Å². The van der Waals surface area contributed by atoms with Gasteiger partial charge in [-0.05, 0) is 25.3 Å². The molecule has 14 heavy (non-hydrogen) atoms. The van der Waals surface area contributed by atoms with Crippen LogP contribution in [0.15, 0.2) is 0 Å². The van der Waals surface area contributed by atoms with Crippen molar-refractivity contribution >= 4 is 0 Å². The first-order chi connectivity index (χ1) is 6.14. The highest BCUT2D eigenvalue weighted by atomic mass is 19.4. The summed E-state index contributed by atoms with van der Waals surface area (Å²) in [6.07, 6.45) is -3.81. The summed E-state index contributed by atoms with van der Waals surface area (Å²) in [6.45, 7) is 6.10. The molecule has 0 spiro atoms. The first-order valence-corrected chi connectivity index (χ1v) is 4.88. The summed E-state index contributed by atoms with van der Waals surface area (Å²) in [4.78, 5) is 0. The van der Waals surface area contributed by atoms with Gasteiger partial charge in [0.1, 0.15) is 0 Å². The van der Waals surface area contributed by atoms with Crippen LogP contribution in [0.4, 0.5) is 13.2 Å². The molecular formula is C10H20F3N. The van der Waals surface area contributed by atoms with Crippen molar-refractivity contribution in [3.8, 4) is 0 Å². The Kier molecular flexibility index (Phi) is 4.92. The molecule has 86 valence electrons. The van der Waals surface area contributed by atoms with Crippen molar-refractivity contribution in [3.05, 3.63) is 0 Å². The quantitative estimate of drug-likeness (QED) is 0.752. The van der Waals surface area contributed by atoms with Gasteiger partial charge in [-0.25, -0.2) is 0 Å². The Balaban J connectivity index is 3.93. The average molecular weight is 211 g/mol. The van der Waals surface area contributed by atoms with Gasteiger partial charge in [-0.1, -0.05) is 20.8 Å². The molecule has 0 aromatic heterocycles. The Hall–Kier alpha value is -0.250. The minimum Gasteiger partial charge on any atom is -0.317 e. The lowest BCUT2D eigenvalue weighted by Crippen LogP contribution is -2.31. The van der Waals surface area contributed by atoms with Crippen LogP contribution in [-0.4, -0.2) is 19.3 Å². The zero-order valence-electron chi connectivity index (χ0n) is 9.33. The van der Waals surface area contributed by atoms with E-state index in [0.717, 1.165) is 6.42 Å².